The highest BCUT2D eigenvalue weighted by Crippen LogP contribution is 2.37. The maximum absolute atomic E-state index is 6.04. The van der Waals surface area contributed by atoms with Gasteiger partial charge in [-0.15, -0.1) is 17.9 Å². The molecule has 1 aromatic carbocycles. The summed E-state index contributed by atoms with van der Waals surface area (Å²) in [6, 6.07) is 6.19. The van der Waals surface area contributed by atoms with Gasteiger partial charge in [0.05, 0.1) is 17.9 Å². The second kappa shape index (κ2) is 5.77. The summed E-state index contributed by atoms with van der Waals surface area (Å²) in [5.74, 6) is 0.932. The molecule has 21 heavy (non-hydrogen) atoms. The third-order valence-corrected chi connectivity index (χ3v) is 4.31. The van der Waals surface area contributed by atoms with Crippen LogP contribution in [0, 0.1) is 0 Å². The molecule has 2 heterocycles. The molecule has 2 N–H and O–H groups in total. The normalized spacial score (nSPS) is 17.2. The molecule has 1 aromatic heterocycles. The molecule has 0 aliphatic carbocycles. The zero-order valence-corrected chi connectivity index (χ0v) is 12.9. The molecule has 1 unspecified atom stereocenters. The van der Waals surface area contributed by atoms with E-state index in [2.05, 4.69) is 29.5 Å². The molecule has 0 fully saturated rings. The van der Waals surface area contributed by atoms with Crippen LogP contribution < -0.4 is 15.4 Å². The van der Waals surface area contributed by atoms with E-state index in [0.717, 1.165) is 42.2 Å². The van der Waals surface area contributed by atoms with Crippen molar-refractivity contribution >= 4 is 22.2 Å². The summed E-state index contributed by atoms with van der Waals surface area (Å²) < 4.78 is 6.04. The van der Waals surface area contributed by atoms with Crippen LogP contribution in [0.4, 0.5) is 10.8 Å². The van der Waals surface area contributed by atoms with Gasteiger partial charge in [0.2, 0.25) is 0 Å². The Labute approximate surface area is 128 Å². The monoisotopic (exact) mass is 301 g/mol. The average molecular weight is 301 g/mol. The lowest BCUT2D eigenvalue weighted by molar-refractivity contribution is 0.190. The molecule has 3 rings (SSSR count). The van der Waals surface area contributed by atoms with Crippen LogP contribution in [0.5, 0.6) is 5.75 Å². The first-order valence-electron chi connectivity index (χ1n) is 7.09. The summed E-state index contributed by atoms with van der Waals surface area (Å²) in [4.78, 5) is 6.65. The summed E-state index contributed by atoms with van der Waals surface area (Å²) in [7, 11) is 0. The number of nitrogen functional groups attached to an aromatic ring is 1. The largest absolute Gasteiger partial charge is 0.486 e. The quantitative estimate of drug-likeness (QED) is 0.877. The van der Waals surface area contributed by atoms with E-state index in [1.807, 2.05) is 23.6 Å². The molecule has 2 aromatic rings. The first-order chi connectivity index (χ1) is 10.2. The molecule has 0 radical (unpaired) electrons. The molecule has 0 bridgehead atoms. The van der Waals surface area contributed by atoms with Gasteiger partial charge in [0.1, 0.15) is 11.9 Å². The third kappa shape index (κ3) is 2.74. The van der Waals surface area contributed by atoms with Crippen LogP contribution in [0.25, 0.3) is 11.3 Å². The molecule has 0 saturated heterocycles. The summed E-state index contributed by atoms with van der Waals surface area (Å²) in [6.07, 6.45) is 3.16. The number of anilines is 2. The number of hydrogen-bond acceptors (Lipinski definition) is 5. The first-order valence-corrected chi connectivity index (χ1v) is 7.97. The molecule has 0 saturated carbocycles. The lowest BCUT2D eigenvalue weighted by Crippen LogP contribution is -2.39. The molecule has 0 amide bonds. The van der Waals surface area contributed by atoms with Gasteiger partial charge in [-0.05, 0) is 24.6 Å². The predicted molar refractivity (Wildman–Crippen MR) is 89.1 cm³/mol. The lowest BCUT2D eigenvalue weighted by Gasteiger charge is -2.35. The van der Waals surface area contributed by atoms with Gasteiger partial charge in [-0.1, -0.05) is 13.0 Å². The number of rotatable bonds is 4. The topological polar surface area (TPSA) is 51.4 Å². The third-order valence-electron chi connectivity index (χ3n) is 3.64. The van der Waals surface area contributed by atoms with Gasteiger partial charge in [-0.3, -0.25) is 0 Å². The van der Waals surface area contributed by atoms with Crippen molar-refractivity contribution in [2.45, 2.75) is 19.4 Å². The number of aromatic nitrogens is 1. The van der Waals surface area contributed by atoms with Crippen LogP contribution in [0.15, 0.2) is 36.2 Å². The Balaban J connectivity index is 1.99. The SMILES string of the molecule is C=CCN1CC(CC)Oc2ccc(-c3csc(N)n3)cc21. The van der Waals surface area contributed by atoms with Gasteiger partial charge in [0, 0.05) is 17.5 Å². The minimum Gasteiger partial charge on any atom is -0.486 e. The van der Waals surface area contributed by atoms with Gasteiger partial charge < -0.3 is 15.4 Å². The molecule has 1 atom stereocenters. The fourth-order valence-corrected chi connectivity index (χ4v) is 3.12. The van der Waals surface area contributed by atoms with Crippen molar-refractivity contribution in [2.75, 3.05) is 23.7 Å². The van der Waals surface area contributed by atoms with Crippen LogP contribution in [0.2, 0.25) is 0 Å². The highest BCUT2D eigenvalue weighted by Gasteiger charge is 2.24. The number of nitrogens with zero attached hydrogens (tertiary/aromatic N) is 2. The van der Waals surface area contributed by atoms with Crippen molar-refractivity contribution in [2.24, 2.45) is 0 Å². The molecular weight excluding hydrogens is 282 g/mol. The summed E-state index contributed by atoms with van der Waals surface area (Å²) >= 11 is 1.46. The number of fused-ring (bicyclic) bond motifs is 1. The van der Waals surface area contributed by atoms with Gasteiger partial charge in [0.15, 0.2) is 5.13 Å². The average Bonchev–Trinajstić information content (AvgIpc) is 2.93. The van der Waals surface area contributed by atoms with Crippen molar-refractivity contribution in [3.8, 4) is 17.0 Å². The predicted octanol–water partition coefficient (Wildman–Crippen LogP) is 3.56. The van der Waals surface area contributed by atoms with Gasteiger partial charge in [0.25, 0.3) is 0 Å². The maximum atomic E-state index is 6.04. The van der Waals surface area contributed by atoms with E-state index in [9.17, 15) is 0 Å². The molecule has 4 nitrogen and oxygen atoms in total. The Morgan fingerprint density at radius 1 is 1.57 bits per heavy atom. The number of hydrogen-bond donors (Lipinski definition) is 1. The van der Waals surface area contributed by atoms with Crippen LogP contribution >= 0.6 is 11.3 Å². The van der Waals surface area contributed by atoms with Crippen LogP contribution in [-0.4, -0.2) is 24.2 Å². The summed E-state index contributed by atoms with van der Waals surface area (Å²) in [5.41, 5.74) is 8.80. The van der Waals surface area contributed by atoms with Gasteiger partial charge in [-0.25, -0.2) is 4.98 Å². The second-order valence-electron chi connectivity index (χ2n) is 5.10. The van der Waals surface area contributed by atoms with E-state index < -0.39 is 0 Å². The van der Waals surface area contributed by atoms with Crippen molar-refractivity contribution in [1.82, 2.24) is 4.98 Å². The van der Waals surface area contributed by atoms with Crippen molar-refractivity contribution in [1.29, 1.82) is 0 Å². The fourth-order valence-electron chi connectivity index (χ4n) is 2.55. The molecule has 1 aliphatic rings. The van der Waals surface area contributed by atoms with Gasteiger partial charge >= 0.3 is 0 Å². The Hall–Kier alpha value is -2.01. The Morgan fingerprint density at radius 3 is 3.10 bits per heavy atom. The minimum absolute atomic E-state index is 0.234. The highest BCUT2D eigenvalue weighted by molar-refractivity contribution is 7.13. The number of nitrogens with two attached hydrogens (primary N) is 1. The zero-order valence-electron chi connectivity index (χ0n) is 12.1. The van der Waals surface area contributed by atoms with E-state index in [1.54, 1.807) is 0 Å². The van der Waals surface area contributed by atoms with E-state index in [-0.39, 0.29) is 6.10 Å². The highest BCUT2D eigenvalue weighted by atomic mass is 32.1. The van der Waals surface area contributed by atoms with Crippen molar-refractivity contribution in [3.63, 3.8) is 0 Å². The first kappa shape index (κ1) is 13.9. The number of thiazole rings is 1. The summed E-state index contributed by atoms with van der Waals surface area (Å²) in [6.45, 7) is 7.70. The minimum atomic E-state index is 0.234. The molecular formula is C16H19N3OS. The van der Waals surface area contributed by atoms with E-state index in [1.165, 1.54) is 11.3 Å². The van der Waals surface area contributed by atoms with Crippen LogP contribution in [0.1, 0.15) is 13.3 Å². The maximum Gasteiger partial charge on any atom is 0.180 e. The van der Waals surface area contributed by atoms with Crippen molar-refractivity contribution in [3.05, 3.63) is 36.2 Å². The zero-order chi connectivity index (χ0) is 14.8. The fraction of sp³-hybridized carbons (Fsp3) is 0.312. The Kier molecular flexibility index (Phi) is 3.84. The van der Waals surface area contributed by atoms with Crippen molar-refractivity contribution < 1.29 is 4.74 Å². The van der Waals surface area contributed by atoms with Crippen LogP contribution in [0.3, 0.4) is 0 Å². The van der Waals surface area contributed by atoms with Gasteiger partial charge in [-0.2, -0.15) is 0 Å². The lowest BCUT2D eigenvalue weighted by atomic mass is 10.1. The summed E-state index contributed by atoms with van der Waals surface area (Å²) in [5, 5.41) is 2.57. The standard InChI is InChI=1S/C16H19N3OS/c1-3-7-19-9-12(4-2)20-15-6-5-11(8-14(15)19)13-10-21-16(17)18-13/h3,5-6,8,10,12H,1,4,7,9H2,2H3,(H2,17,18). The number of benzene rings is 1. The van der Waals surface area contributed by atoms with E-state index in [0.29, 0.717) is 5.13 Å². The smallest absolute Gasteiger partial charge is 0.180 e. The Morgan fingerprint density at radius 2 is 2.43 bits per heavy atom. The van der Waals surface area contributed by atoms with E-state index in [4.69, 9.17) is 10.5 Å². The number of ether oxygens (including phenoxy) is 1. The molecule has 110 valence electrons. The molecule has 1 aliphatic heterocycles. The molecule has 0 spiro atoms. The second-order valence-corrected chi connectivity index (χ2v) is 5.98. The van der Waals surface area contributed by atoms with E-state index >= 15 is 0 Å². The molecule has 5 heteroatoms. The van der Waals surface area contributed by atoms with Crippen LogP contribution in [-0.2, 0) is 0 Å². The Bertz CT molecular complexity index is 653.